The van der Waals surface area contributed by atoms with Crippen molar-refractivity contribution in [2.75, 3.05) is 39.8 Å². The number of pyridine rings is 1. The number of hydrogen-bond acceptors (Lipinski definition) is 8. The number of terminal acetylenes is 1. The molecular formula is C41H46F2N7O3Y-. The van der Waals surface area contributed by atoms with Crippen LogP contribution in [0.4, 0.5) is 14.5 Å². The second kappa shape index (κ2) is 17.1. The largest absolute Gasteiger partial charge is 0.684 e. The second-order valence-electron chi connectivity index (χ2n) is 14.7. The van der Waals surface area contributed by atoms with Crippen molar-refractivity contribution in [3.63, 3.8) is 0 Å². The fourth-order valence-corrected chi connectivity index (χ4v) is 9.05. The van der Waals surface area contributed by atoms with Gasteiger partial charge in [0.05, 0.1) is 5.56 Å². The number of carbonyl (C=O) groups excluding carboxylic acids is 1. The molecule has 10 nitrogen and oxygen atoms in total. The number of rotatable bonds is 8. The molecule has 5 heterocycles. The Bertz CT molecular complexity index is 2010. The van der Waals surface area contributed by atoms with Crippen molar-refractivity contribution < 1.29 is 56.6 Å². The third-order valence-corrected chi connectivity index (χ3v) is 11.5. The summed E-state index contributed by atoms with van der Waals surface area (Å²) < 4.78 is 30.2. The third-order valence-electron chi connectivity index (χ3n) is 11.5. The van der Waals surface area contributed by atoms with Gasteiger partial charge >= 0.3 is 0 Å². The standard InChI is InChI=1S/C27H27F2N4O2.C14H19N3O.Y/c1-3-20-22(28)7-6-17-12-19(34)13-21(23(17)20)26-24(29)25(30-2)18(14-31-26)15-33(35)16-27-8-4-10-32(27)11-5-9-27;15-13(10-4-2-1-3-5-10)14(18)17-11-6-7-12(17)9-16-8-11;/h1,6-7,12-14,35H,4-5,8-11,15-16H2,2H3,(H-,30,31,34);2,4-5,11-12,15-16H,1,3,6-9H2;/q-1;;. The smallest absolute Gasteiger partial charge is 0.272 e. The first-order chi connectivity index (χ1) is 25.6. The van der Waals surface area contributed by atoms with Crippen molar-refractivity contribution >= 4 is 28.1 Å². The number of aromatic nitrogens is 1. The molecule has 3 aromatic rings. The van der Waals surface area contributed by atoms with E-state index in [0.717, 1.165) is 83.1 Å². The van der Waals surface area contributed by atoms with Gasteiger partial charge in [-0.05, 0) is 93.6 Å². The summed E-state index contributed by atoms with van der Waals surface area (Å²) >= 11 is 0. The number of piperazine rings is 1. The molecule has 0 spiro atoms. The average molecular weight is 812 g/mol. The molecule has 0 saturated carbocycles. The number of nitrogens with one attached hydrogen (secondary N) is 2. The minimum atomic E-state index is -0.723. The fraction of sp³-hybridized carbons (Fsp3) is 0.439. The molecule has 1 radical (unpaired) electrons. The van der Waals surface area contributed by atoms with Gasteiger partial charge in [-0.3, -0.25) is 20.1 Å². The maximum atomic E-state index is 15.8. The first-order valence-corrected chi connectivity index (χ1v) is 18.5. The number of halogens is 2. The summed E-state index contributed by atoms with van der Waals surface area (Å²) in [4.78, 5) is 21.2. The van der Waals surface area contributed by atoms with Gasteiger partial charge in [0, 0.05) is 99.2 Å². The van der Waals surface area contributed by atoms with Gasteiger partial charge in [0.25, 0.3) is 5.91 Å². The van der Waals surface area contributed by atoms with Crippen LogP contribution in [0.1, 0.15) is 62.5 Å². The molecular weight excluding hydrogens is 765 g/mol. The van der Waals surface area contributed by atoms with Crippen LogP contribution >= 0.6 is 0 Å². The van der Waals surface area contributed by atoms with Gasteiger partial charge in [-0.2, -0.15) is 5.06 Å². The normalized spacial score (nSPS) is 21.2. The molecule has 4 N–H and O–H groups in total. The first kappa shape index (κ1) is 40.1. The molecule has 1 aromatic heterocycles. The van der Waals surface area contributed by atoms with Crippen molar-refractivity contribution in [2.24, 2.45) is 0 Å². The summed E-state index contributed by atoms with van der Waals surface area (Å²) in [7, 11) is 1.47. The molecule has 4 saturated heterocycles. The van der Waals surface area contributed by atoms with Crippen LogP contribution in [0.5, 0.6) is 5.75 Å². The molecule has 13 heteroatoms. The zero-order valence-corrected chi connectivity index (χ0v) is 33.5. The zero-order chi connectivity index (χ0) is 37.3. The fourth-order valence-electron chi connectivity index (χ4n) is 9.05. The number of benzene rings is 2. The summed E-state index contributed by atoms with van der Waals surface area (Å²) in [6.45, 7) is 4.40. The minimum absolute atomic E-state index is 0. The Morgan fingerprint density at radius 2 is 1.89 bits per heavy atom. The molecule has 54 heavy (non-hydrogen) atoms. The molecule has 5 aliphatic rings. The Morgan fingerprint density at radius 1 is 1.17 bits per heavy atom. The Labute approximate surface area is 340 Å². The van der Waals surface area contributed by atoms with Crippen molar-refractivity contribution in [2.45, 2.75) is 75.5 Å². The number of carbonyl (C=O) groups is 1. The zero-order valence-electron chi connectivity index (χ0n) is 30.6. The van der Waals surface area contributed by atoms with Gasteiger partial charge < -0.3 is 25.8 Å². The minimum Gasteiger partial charge on any atom is -0.684 e. The molecule has 4 aliphatic heterocycles. The van der Waals surface area contributed by atoms with Crippen molar-refractivity contribution in [1.82, 2.24) is 25.2 Å². The number of allylic oxidation sites excluding steroid dienone is 3. The van der Waals surface area contributed by atoms with Crippen molar-refractivity contribution in [3.05, 3.63) is 82.3 Å². The monoisotopic (exact) mass is 811 g/mol. The van der Waals surface area contributed by atoms with E-state index in [9.17, 15) is 19.5 Å². The molecule has 2 unspecified atom stereocenters. The van der Waals surface area contributed by atoms with Gasteiger partial charge in [-0.1, -0.05) is 35.9 Å². The van der Waals surface area contributed by atoms with E-state index in [2.05, 4.69) is 26.4 Å². The Morgan fingerprint density at radius 3 is 2.54 bits per heavy atom. The van der Waals surface area contributed by atoms with E-state index in [1.165, 1.54) is 42.6 Å². The molecule has 2 bridgehead atoms. The van der Waals surface area contributed by atoms with Crippen LogP contribution in [0.25, 0.3) is 27.3 Å². The second-order valence-corrected chi connectivity index (χ2v) is 14.7. The van der Waals surface area contributed by atoms with E-state index < -0.39 is 11.6 Å². The summed E-state index contributed by atoms with van der Waals surface area (Å²) in [6, 6.07) is 6.04. The number of phenolic OH excluding ortho intramolecular Hbond substituents is 1. The Balaban J connectivity index is 0.000000220. The van der Waals surface area contributed by atoms with Crippen LogP contribution in [-0.4, -0.2) is 99.2 Å². The van der Waals surface area contributed by atoms with E-state index in [4.69, 9.17) is 11.8 Å². The van der Waals surface area contributed by atoms with Gasteiger partial charge in [-0.25, -0.2) is 8.78 Å². The predicted octanol–water partition coefficient (Wildman–Crippen LogP) is 6.56. The SMILES string of the molecule is C#Cc1c(F)ccc2cc(O)cc(-c3ncc(CN(O)CC45CCCN4CCC5)c([N-]C)c3F)c12.N=C(C(=O)N1C2CCC1CNC2)C1=CCCC=C1.[Y]. The molecule has 1 aliphatic carbocycles. The van der Waals surface area contributed by atoms with Gasteiger partial charge in [0.2, 0.25) is 0 Å². The summed E-state index contributed by atoms with van der Waals surface area (Å²) in [6.07, 6.45) is 21.4. The van der Waals surface area contributed by atoms with E-state index >= 15 is 4.39 Å². The number of amides is 1. The molecule has 2 atom stereocenters. The van der Waals surface area contributed by atoms with E-state index in [0.29, 0.717) is 29.6 Å². The summed E-state index contributed by atoms with van der Waals surface area (Å²) in [5.74, 6) is 0.784. The maximum Gasteiger partial charge on any atom is 0.272 e. The average Bonchev–Trinajstić information content (AvgIpc) is 3.81. The van der Waals surface area contributed by atoms with Gasteiger partial charge in [-0.15, -0.1) is 13.5 Å². The van der Waals surface area contributed by atoms with Crippen molar-refractivity contribution in [3.8, 4) is 29.4 Å². The summed E-state index contributed by atoms with van der Waals surface area (Å²) in [5, 5.41) is 38.6. The predicted molar refractivity (Wildman–Crippen MR) is 201 cm³/mol. The Kier molecular flexibility index (Phi) is 12.7. The third kappa shape index (κ3) is 7.77. The van der Waals surface area contributed by atoms with Crippen LogP contribution in [0.2, 0.25) is 0 Å². The number of aromatic hydroxyl groups is 1. The van der Waals surface area contributed by atoms with E-state index in [-0.39, 0.29) is 90.1 Å². The first-order valence-electron chi connectivity index (χ1n) is 18.5. The molecule has 1 amide bonds. The van der Waals surface area contributed by atoms with Crippen LogP contribution in [0, 0.1) is 29.4 Å². The topological polar surface area (TPSA) is 130 Å². The summed E-state index contributed by atoms with van der Waals surface area (Å²) in [5.41, 5.74) is 1.47. The van der Waals surface area contributed by atoms with Gasteiger partial charge in [0.1, 0.15) is 28.8 Å². The Hall–Kier alpha value is -3.57. The molecule has 8 rings (SSSR count). The number of fused-ring (bicyclic) bond motifs is 4. The van der Waals surface area contributed by atoms with Crippen LogP contribution < -0.4 is 5.32 Å². The molecule has 2 aromatic carbocycles. The quantitative estimate of drug-likeness (QED) is 0.115. The number of phenols is 1. The molecule has 4 fully saturated rings. The van der Waals surface area contributed by atoms with Crippen LogP contribution in [-0.2, 0) is 44.0 Å². The number of hydrogen-bond donors (Lipinski definition) is 4. The number of hydroxylamine groups is 2. The maximum absolute atomic E-state index is 15.8. The van der Waals surface area contributed by atoms with E-state index in [1.807, 2.05) is 23.1 Å². The number of nitrogens with zero attached hydrogens (tertiary/aromatic N) is 5. The van der Waals surface area contributed by atoms with E-state index in [1.54, 1.807) is 0 Å². The van der Waals surface area contributed by atoms with Crippen LogP contribution in [0.15, 0.2) is 54.3 Å². The molecule has 281 valence electrons. The van der Waals surface area contributed by atoms with Gasteiger partial charge in [0.15, 0.2) is 0 Å². The van der Waals surface area contributed by atoms with Crippen LogP contribution in [0.3, 0.4) is 0 Å². The van der Waals surface area contributed by atoms with Crippen molar-refractivity contribution in [1.29, 1.82) is 5.41 Å².